The molecule has 1 aromatic carbocycles. The van der Waals surface area contributed by atoms with Crippen LogP contribution < -0.4 is 20.7 Å². The second-order valence-corrected chi connectivity index (χ2v) is 12.5. The number of hydrogen-bond donors (Lipinski definition) is 2. The van der Waals surface area contributed by atoms with E-state index in [4.69, 9.17) is 10.5 Å². The topological polar surface area (TPSA) is 105 Å². The maximum atomic E-state index is 12.7. The lowest BCUT2D eigenvalue weighted by atomic mass is 9.45. The van der Waals surface area contributed by atoms with Crippen molar-refractivity contribution in [2.24, 2.45) is 17.1 Å². The van der Waals surface area contributed by atoms with Gasteiger partial charge in [-0.1, -0.05) is 6.92 Å². The molecule has 3 fully saturated rings. The zero-order chi connectivity index (χ0) is 23.9. The maximum Gasteiger partial charge on any atom is 0.317 e. The summed E-state index contributed by atoms with van der Waals surface area (Å²) in [5.74, 6) is 1.33. The van der Waals surface area contributed by atoms with Gasteiger partial charge in [0, 0.05) is 43.3 Å². The molecular weight excluding hydrogens is 440 g/mol. The molecule has 0 aromatic heterocycles. The first-order valence-electron chi connectivity index (χ1n) is 12.1. The Morgan fingerprint density at radius 1 is 1.18 bits per heavy atom. The molecule has 2 heterocycles. The van der Waals surface area contributed by atoms with Crippen molar-refractivity contribution in [2.75, 3.05) is 49.2 Å². The molecule has 4 rings (SSSR count). The number of benzene rings is 1. The Labute approximate surface area is 197 Å². The van der Waals surface area contributed by atoms with Crippen LogP contribution in [-0.4, -0.2) is 75.2 Å². The van der Waals surface area contributed by atoms with Crippen molar-refractivity contribution in [3.63, 3.8) is 0 Å². The zero-order valence-corrected chi connectivity index (χ0v) is 20.9. The van der Waals surface area contributed by atoms with Crippen LogP contribution >= 0.6 is 0 Å². The third-order valence-corrected chi connectivity index (χ3v) is 9.94. The molecule has 3 aliphatic rings. The number of nitrogens with zero attached hydrogens (tertiary/aromatic N) is 2. The number of amides is 2. The molecule has 184 valence electrons. The summed E-state index contributed by atoms with van der Waals surface area (Å²) in [6.07, 6.45) is 2.59. The minimum Gasteiger partial charge on any atom is -0.494 e. The van der Waals surface area contributed by atoms with E-state index in [0.717, 1.165) is 31.7 Å². The van der Waals surface area contributed by atoms with Crippen molar-refractivity contribution in [3.05, 3.63) is 24.3 Å². The average Bonchev–Trinajstić information content (AvgIpc) is 2.75. The maximum absolute atomic E-state index is 12.7. The summed E-state index contributed by atoms with van der Waals surface area (Å²) < 4.78 is 29.3. The molecule has 3 N–H and O–H groups in total. The van der Waals surface area contributed by atoms with Gasteiger partial charge < -0.3 is 25.6 Å². The summed E-state index contributed by atoms with van der Waals surface area (Å²) in [5.41, 5.74) is 6.48. The van der Waals surface area contributed by atoms with Crippen LogP contribution in [0.25, 0.3) is 0 Å². The van der Waals surface area contributed by atoms with E-state index in [9.17, 15) is 13.2 Å². The highest BCUT2D eigenvalue weighted by Gasteiger charge is 2.70. The van der Waals surface area contributed by atoms with Crippen LogP contribution in [0.4, 0.5) is 10.5 Å². The van der Waals surface area contributed by atoms with Crippen LogP contribution in [0, 0.1) is 11.3 Å². The minimum atomic E-state index is -3.08. The second kappa shape index (κ2) is 8.98. The van der Waals surface area contributed by atoms with Crippen LogP contribution in [0.5, 0.6) is 5.75 Å². The zero-order valence-electron chi connectivity index (χ0n) is 20.0. The van der Waals surface area contributed by atoms with Gasteiger partial charge in [0.25, 0.3) is 0 Å². The predicted molar refractivity (Wildman–Crippen MR) is 130 cm³/mol. The quantitative estimate of drug-likeness (QED) is 0.528. The van der Waals surface area contributed by atoms with E-state index in [-0.39, 0.29) is 35.0 Å². The van der Waals surface area contributed by atoms with Crippen molar-refractivity contribution in [2.45, 2.75) is 51.6 Å². The molecular formula is C24H38N4O4S. The molecule has 33 heavy (non-hydrogen) atoms. The molecule has 9 heteroatoms. The number of carbonyl (C=O) groups is 1. The van der Waals surface area contributed by atoms with Crippen molar-refractivity contribution in [1.82, 2.24) is 10.2 Å². The summed E-state index contributed by atoms with van der Waals surface area (Å²) in [6, 6.07) is 8.62. The third-order valence-electron chi connectivity index (χ3n) is 8.18. The van der Waals surface area contributed by atoms with E-state index < -0.39 is 9.84 Å². The number of piperidine rings is 2. The van der Waals surface area contributed by atoms with Gasteiger partial charge in [0.2, 0.25) is 0 Å². The first-order valence-corrected chi connectivity index (χ1v) is 13.9. The highest BCUT2D eigenvalue weighted by atomic mass is 32.2. The number of rotatable bonds is 9. The number of carbonyl (C=O) groups excluding carboxylic acids is 1. The van der Waals surface area contributed by atoms with Crippen molar-refractivity contribution >= 4 is 21.6 Å². The van der Waals surface area contributed by atoms with Crippen molar-refractivity contribution < 1.29 is 17.9 Å². The Kier molecular flexibility index (Phi) is 6.57. The lowest BCUT2D eigenvalue weighted by Crippen LogP contribution is -2.82. The summed E-state index contributed by atoms with van der Waals surface area (Å²) in [6.45, 7) is 9.50. The predicted octanol–water partition coefficient (Wildman–Crippen LogP) is 2.24. The van der Waals surface area contributed by atoms with Crippen LogP contribution in [0.15, 0.2) is 24.3 Å². The number of ether oxygens (including phenoxy) is 1. The summed E-state index contributed by atoms with van der Waals surface area (Å²) in [7, 11) is -3.08. The average molecular weight is 479 g/mol. The Morgan fingerprint density at radius 3 is 2.58 bits per heavy atom. The van der Waals surface area contributed by atoms with Gasteiger partial charge in [0.1, 0.15) is 5.75 Å². The smallest absolute Gasteiger partial charge is 0.317 e. The van der Waals surface area contributed by atoms with Gasteiger partial charge in [-0.25, -0.2) is 13.2 Å². The van der Waals surface area contributed by atoms with Gasteiger partial charge >= 0.3 is 6.03 Å². The number of sulfone groups is 1. The highest BCUT2D eigenvalue weighted by Crippen LogP contribution is 2.64. The van der Waals surface area contributed by atoms with Gasteiger partial charge in [-0.15, -0.1) is 0 Å². The van der Waals surface area contributed by atoms with Crippen LogP contribution in [0.2, 0.25) is 0 Å². The van der Waals surface area contributed by atoms with Gasteiger partial charge in [-0.05, 0) is 63.3 Å². The number of anilines is 1. The number of nitrogens with two attached hydrogens (primary N) is 1. The molecule has 1 aromatic rings. The van der Waals surface area contributed by atoms with Crippen LogP contribution in [0.1, 0.15) is 40.0 Å². The van der Waals surface area contributed by atoms with Gasteiger partial charge in [0.15, 0.2) is 9.84 Å². The van der Waals surface area contributed by atoms with Crippen molar-refractivity contribution in [3.8, 4) is 5.75 Å². The standard InChI is InChI=1S/C24H38N4O4S/c1-4-26-22(29)28-17-18-14-23(2)21(15-24(23,28)3)27(16-18)19-6-8-20(9-7-19)32-11-5-12-33(30,31)13-10-25/h6-9,18,21H,4-5,10-17,25H2,1-3H3,(H,26,29)/t18-,21+,23?,24?/m0/s1. The second-order valence-electron chi connectivity index (χ2n) is 10.2. The molecule has 2 aliphatic heterocycles. The fourth-order valence-electron chi connectivity index (χ4n) is 6.27. The highest BCUT2D eigenvalue weighted by molar-refractivity contribution is 7.91. The van der Waals surface area contributed by atoms with Gasteiger partial charge in [0.05, 0.1) is 23.7 Å². The van der Waals surface area contributed by atoms with Gasteiger partial charge in [-0.2, -0.15) is 0 Å². The van der Waals surface area contributed by atoms with E-state index in [1.807, 2.05) is 19.1 Å². The fraction of sp³-hybridized carbons (Fsp3) is 0.708. The number of nitrogens with one attached hydrogen (secondary N) is 1. The Bertz CT molecular complexity index is 969. The van der Waals surface area contributed by atoms with Crippen LogP contribution in [0.3, 0.4) is 0 Å². The Morgan fingerprint density at radius 2 is 1.91 bits per heavy atom. The Balaban J connectivity index is 1.38. The molecule has 2 amide bonds. The molecule has 0 spiro atoms. The van der Waals surface area contributed by atoms with E-state index in [0.29, 0.717) is 31.5 Å². The molecule has 8 nitrogen and oxygen atoms in total. The first-order chi connectivity index (χ1) is 15.6. The summed E-state index contributed by atoms with van der Waals surface area (Å²) in [5, 5.41) is 3.01. The first kappa shape index (κ1) is 24.1. The minimum absolute atomic E-state index is 0.0265. The van der Waals surface area contributed by atoms with Crippen molar-refractivity contribution in [1.29, 1.82) is 0 Å². The van der Waals surface area contributed by atoms with E-state index in [1.165, 1.54) is 5.69 Å². The van der Waals surface area contributed by atoms with E-state index in [2.05, 4.69) is 41.1 Å². The number of hydrogen-bond acceptors (Lipinski definition) is 6. The summed E-state index contributed by atoms with van der Waals surface area (Å²) in [4.78, 5) is 17.4. The Hall–Kier alpha value is -2.00. The molecule has 2 unspecified atom stereocenters. The van der Waals surface area contributed by atoms with Gasteiger partial charge in [-0.3, -0.25) is 0 Å². The molecule has 1 aliphatic carbocycles. The molecule has 2 saturated heterocycles. The lowest BCUT2D eigenvalue weighted by molar-refractivity contribution is -0.161. The summed E-state index contributed by atoms with van der Waals surface area (Å²) >= 11 is 0. The normalized spacial score (nSPS) is 30.5. The number of fused-ring (bicyclic) bond motifs is 1. The third kappa shape index (κ3) is 4.30. The molecule has 0 radical (unpaired) electrons. The largest absolute Gasteiger partial charge is 0.494 e. The number of likely N-dealkylation sites (tertiary alicyclic amines) is 1. The van der Waals surface area contributed by atoms with E-state index >= 15 is 0 Å². The SMILES string of the molecule is CCNC(=O)N1C[C@@H]2CN(c3ccc(OCCCS(=O)(=O)CCN)cc3)[C@@H]3CC1(C)C3(C)C2. The number of urea groups is 1. The molecule has 1 saturated carbocycles. The monoisotopic (exact) mass is 478 g/mol. The van der Waals surface area contributed by atoms with Crippen LogP contribution in [-0.2, 0) is 9.84 Å². The fourth-order valence-corrected chi connectivity index (χ4v) is 7.39. The molecule has 2 bridgehead atoms. The van der Waals surface area contributed by atoms with E-state index in [1.54, 1.807) is 0 Å². The lowest BCUT2D eigenvalue weighted by Gasteiger charge is -2.74. The molecule has 4 atom stereocenters.